The summed E-state index contributed by atoms with van der Waals surface area (Å²) in [6.45, 7) is 4.75. The fourth-order valence-corrected chi connectivity index (χ4v) is 2.91. The molecule has 140 valence electrons. The van der Waals surface area contributed by atoms with Crippen LogP contribution in [-0.2, 0) is 16.1 Å². The van der Waals surface area contributed by atoms with Crippen molar-refractivity contribution in [2.75, 3.05) is 31.6 Å². The summed E-state index contributed by atoms with van der Waals surface area (Å²) in [4.78, 5) is 14.3. The van der Waals surface area contributed by atoms with Crippen LogP contribution in [0.2, 0.25) is 0 Å². The molecule has 1 atom stereocenters. The number of carbonyl (C=O) groups is 1. The highest BCUT2D eigenvalue weighted by Crippen LogP contribution is 2.18. The molecule has 0 aromatic heterocycles. The Morgan fingerprint density at radius 3 is 2.70 bits per heavy atom. The zero-order valence-corrected chi connectivity index (χ0v) is 15.4. The van der Waals surface area contributed by atoms with Crippen molar-refractivity contribution >= 4 is 11.6 Å². The molecule has 6 nitrogen and oxygen atoms in total. The number of hydrogen-bond donors (Lipinski definition) is 1. The molecule has 1 N–H and O–H groups in total. The highest BCUT2D eigenvalue weighted by atomic mass is 16.5. The smallest absolute Gasteiger partial charge is 0.244 e. The van der Waals surface area contributed by atoms with Crippen molar-refractivity contribution in [1.82, 2.24) is 4.90 Å². The highest BCUT2D eigenvalue weighted by Gasteiger charge is 2.22. The van der Waals surface area contributed by atoms with Crippen LogP contribution in [0.4, 0.5) is 5.69 Å². The van der Waals surface area contributed by atoms with Crippen LogP contribution in [0.15, 0.2) is 48.5 Å². The van der Waals surface area contributed by atoms with Gasteiger partial charge in [-0.05, 0) is 48.9 Å². The second-order valence-electron chi connectivity index (χ2n) is 6.43. The molecule has 1 amide bonds. The Morgan fingerprint density at radius 2 is 2.00 bits per heavy atom. The number of anilines is 1. The maximum atomic E-state index is 12.4. The molecule has 2 aromatic carbocycles. The minimum atomic E-state index is -0.302. The SMILES string of the molecule is CC(Nc1ccc(OCc2cccc(C#N)c2)cc1)C(=O)N1CCOCC1. The minimum absolute atomic E-state index is 0.0796. The molecule has 1 aliphatic heterocycles. The molecule has 0 bridgehead atoms. The number of ether oxygens (including phenoxy) is 2. The second-order valence-corrected chi connectivity index (χ2v) is 6.43. The number of rotatable bonds is 6. The Bertz CT molecular complexity index is 808. The van der Waals surface area contributed by atoms with Crippen LogP contribution in [0.5, 0.6) is 5.75 Å². The summed E-state index contributed by atoms with van der Waals surface area (Å²) in [5.74, 6) is 0.811. The summed E-state index contributed by atoms with van der Waals surface area (Å²) in [6, 6.07) is 16.7. The average molecular weight is 365 g/mol. The molecule has 1 unspecified atom stereocenters. The maximum Gasteiger partial charge on any atom is 0.244 e. The van der Waals surface area contributed by atoms with Crippen molar-refractivity contribution in [2.24, 2.45) is 0 Å². The zero-order chi connectivity index (χ0) is 19.1. The Morgan fingerprint density at radius 1 is 1.26 bits per heavy atom. The van der Waals surface area contributed by atoms with E-state index in [2.05, 4.69) is 11.4 Å². The van der Waals surface area contributed by atoms with Crippen molar-refractivity contribution in [3.63, 3.8) is 0 Å². The van der Waals surface area contributed by atoms with E-state index in [0.29, 0.717) is 38.5 Å². The van der Waals surface area contributed by atoms with E-state index in [-0.39, 0.29) is 11.9 Å². The molecule has 0 saturated carbocycles. The van der Waals surface area contributed by atoms with Crippen LogP contribution in [0, 0.1) is 11.3 Å². The fourth-order valence-electron chi connectivity index (χ4n) is 2.91. The van der Waals surface area contributed by atoms with Gasteiger partial charge in [0.25, 0.3) is 0 Å². The number of nitriles is 1. The van der Waals surface area contributed by atoms with Gasteiger partial charge in [-0.3, -0.25) is 4.79 Å². The first-order chi connectivity index (χ1) is 13.2. The van der Waals surface area contributed by atoms with E-state index >= 15 is 0 Å². The molecule has 0 aliphatic carbocycles. The second kappa shape index (κ2) is 9.06. The van der Waals surface area contributed by atoms with Crippen LogP contribution >= 0.6 is 0 Å². The predicted octanol–water partition coefficient (Wildman–Crippen LogP) is 2.80. The molecule has 27 heavy (non-hydrogen) atoms. The third-order valence-corrected chi connectivity index (χ3v) is 4.39. The standard InChI is InChI=1S/C21H23N3O3/c1-16(21(25)24-9-11-26-12-10-24)23-19-5-7-20(8-6-19)27-15-18-4-2-3-17(13-18)14-22/h2-8,13,16,23H,9-12,15H2,1H3. The molecule has 0 radical (unpaired) electrons. The Balaban J connectivity index is 1.52. The largest absolute Gasteiger partial charge is 0.489 e. The molecule has 1 saturated heterocycles. The Labute approximate surface area is 159 Å². The summed E-state index contributed by atoms with van der Waals surface area (Å²) in [6.07, 6.45) is 0. The highest BCUT2D eigenvalue weighted by molar-refractivity contribution is 5.84. The topological polar surface area (TPSA) is 74.6 Å². The first kappa shape index (κ1) is 18.7. The van der Waals surface area contributed by atoms with Crippen LogP contribution < -0.4 is 10.1 Å². The average Bonchev–Trinajstić information content (AvgIpc) is 2.73. The van der Waals surface area contributed by atoms with E-state index in [9.17, 15) is 4.79 Å². The van der Waals surface area contributed by atoms with Gasteiger partial charge in [-0.2, -0.15) is 5.26 Å². The van der Waals surface area contributed by atoms with E-state index < -0.39 is 0 Å². The third kappa shape index (κ3) is 5.22. The van der Waals surface area contributed by atoms with E-state index in [1.165, 1.54) is 0 Å². The normalized spacial score (nSPS) is 14.9. The zero-order valence-electron chi connectivity index (χ0n) is 15.4. The van der Waals surface area contributed by atoms with Gasteiger partial charge in [-0.25, -0.2) is 0 Å². The van der Waals surface area contributed by atoms with E-state index in [4.69, 9.17) is 14.7 Å². The lowest BCUT2D eigenvalue weighted by molar-refractivity contribution is -0.135. The van der Waals surface area contributed by atoms with Gasteiger partial charge in [0.05, 0.1) is 24.8 Å². The van der Waals surface area contributed by atoms with Crippen LogP contribution in [0.25, 0.3) is 0 Å². The molecular formula is C21H23N3O3. The van der Waals surface area contributed by atoms with Crippen molar-refractivity contribution in [1.29, 1.82) is 5.26 Å². The monoisotopic (exact) mass is 365 g/mol. The predicted molar refractivity (Wildman–Crippen MR) is 102 cm³/mol. The Hall–Kier alpha value is -3.04. The number of morpholine rings is 1. The van der Waals surface area contributed by atoms with Crippen molar-refractivity contribution in [3.8, 4) is 11.8 Å². The molecule has 6 heteroatoms. The van der Waals surface area contributed by atoms with E-state index in [1.54, 1.807) is 6.07 Å². The summed E-state index contributed by atoms with van der Waals surface area (Å²) in [5.41, 5.74) is 2.43. The summed E-state index contributed by atoms with van der Waals surface area (Å²) >= 11 is 0. The number of benzene rings is 2. The molecule has 0 spiro atoms. The number of nitrogens with zero attached hydrogens (tertiary/aromatic N) is 2. The fraction of sp³-hybridized carbons (Fsp3) is 0.333. The lowest BCUT2D eigenvalue weighted by Crippen LogP contribution is -2.46. The van der Waals surface area contributed by atoms with Gasteiger partial charge >= 0.3 is 0 Å². The van der Waals surface area contributed by atoms with Gasteiger partial charge in [-0.15, -0.1) is 0 Å². The number of amides is 1. The molecule has 1 fully saturated rings. The molecule has 3 rings (SSSR count). The number of nitrogens with one attached hydrogen (secondary N) is 1. The molecule has 1 aliphatic rings. The lowest BCUT2D eigenvalue weighted by atomic mass is 10.1. The summed E-state index contributed by atoms with van der Waals surface area (Å²) < 4.78 is 11.1. The van der Waals surface area contributed by atoms with E-state index in [0.717, 1.165) is 17.0 Å². The first-order valence-corrected chi connectivity index (χ1v) is 9.00. The quantitative estimate of drug-likeness (QED) is 0.852. The summed E-state index contributed by atoms with van der Waals surface area (Å²) in [5, 5.41) is 12.2. The maximum absolute atomic E-state index is 12.4. The number of hydrogen-bond acceptors (Lipinski definition) is 5. The van der Waals surface area contributed by atoms with Gasteiger partial charge in [0.1, 0.15) is 18.4 Å². The third-order valence-electron chi connectivity index (χ3n) is 4.39. The molecular weight excluding hydrogens is 342 g/mol. The van der Waals surface area contributed by atoms with E-state index in [1.807, 2.05) is 54.3 Å². The van der Waals surface area contributed by atoms with Gasteiger partial charge in [0, 0.05) is 18.8 Å². The van der Waals surface area contributed by atoms with Crippen LogP contribution in [0.3, 0.4) is 0 Å². The van der Waals surface area contributed by atoms with Gasteiger partial charge in [0.15, 0.2) is 0 Å². The Kier molecular flexibility index (Phi) is 6.29. The molecule has 2 aromatic rings. The van der Waals surface area contributed by atoms with Gasteiger partial charge in [0.2, 0.25) is 5.91 Å². The van der Waals surface area contributed by atoms with Crippen LogP contribution in [-0.4, -0.2) is 43.2 Å². The minimum Gasteiger partial charge on any atom is -0.489 e. The first-order valence-electron chi connectivity index (χ1n) is 9.00. The van der Waals surface area contributed by atoms with Crippen molar-refractivity contribution in [2.45, 2.75) is 19.6 Å². The van der Waals surface area contributed by atoms with Crippen molar-refractivity contribution < 1.29 is 14.3 Å². The summed E-state index contributed by atoms with van der Waals surface area (Å²) in [7, 11) is 0. The van der Waals surface area contributed by atoms with Crippen LogP contribution in [0.1, 0.15) is 18.1 Å². The van der Waals surface area contributed by atoms with Gasteiger partial charge in [-0.1, -0.05) is 12.1 Å². The number of carbonyl (C=O) groups excluding carboxylic acids is 1. The lowest BCUT2D eigenvalue weighted by Gasteiger charge is -2.29. The van der Waals surface area contributed by atoms with Crippen molar-refractivity contribution in [3.05, 3.63) is 59.7 Å². The molecule has 1 heterocycles. The van der Waals surface area contributed by atoms with Gasteiger partial charge < -0.3 is 19.7 Å².